The molecule has 0 radical (unpaired) electrons. The molecule has 0 spiro atoms. The molecule has 0 bridgehead atoms. The number of rotatable bonds is 3. The summed E-state index contributed by atoms with van der Waals surface area (Å²) in [6.45, 7) is 12.3. The number of hydrogen-bond donors (Lipinski definition) is 2. The van der Waals surface area contributed by atoms with Crippen LogP contribution in [0.2, 0.25) is 0 Å². The summed E-state index contributed by atoms with van der Waals surface area (Å²) in [4.78, 5) is 20.5. The number of amides is 1. The predicted octanol–water partition coefficient (Wildman–Crippen LogP) is 4.05. The summed E-state index contributed by atoms with van der Waals surface area (Å²) < 4.78 is 0. The summed E-state index contributed by atoms with van der Waals surface area (Å²) in [5.74, 6) is 0.377. The Morgan fingerprint density at radius 2 is 1.54 bits per heavy atom. The first kappa shape index (κ1) is 17.9. The summed E-state index contributed by atoms with van der Waals surface area (Å²) >= 11 is 0. The number of nitrogens with zero attached hydrogens (tertiary/aromatic N) is 2. The zero-order valence-electron chi connectivity index (χ0n) is 15.3. The Balaban J connectivity index is 2.05. The molecular weight excluding hydrogens is 300 g/mol. The molecule has 0 aliphatic carbocycles. The normalized spacial score (nSPS) is 11.9. The molecule has 5 nitrogen and oxygen atoms in total. The van der Waals surface area contributed by atoms with Crippen molar-refractivity contribution in [3.63, 3.8) is 0 Å². The first-order chi connectivity index (χ1) is 11.0. The van der Waals surface area contributed by atoms with Gasteiger partial charge in [0.05, 0.1) is 12.4 Å². The predicted molar refractivity (Wildman–Crippen MR) is 97.7 cm³/mol. The lowest BCUT2D eigenvalue weighted by atomic mass is 9.87. The molecule has 24 heavy (non-hydrogen) atoms. The number of aromatic nitrogens is 2. The summed E-state index contributed by atoms with van der Waals surface area (Å²) in [5, 5.41) is 6.05. The summed E-state index contributed by atoms with van der Waals surface area (Å²) in [5.41, 5.74) is 2.33. The number of anilines is 2. The van der Waals surface area contributed by atoms with E-state index in [9.17, 15) is 4.79 Å². The van der Waals surface area contributed by atoms with E-state index >= 15 is 0 Å². The first-order valence-corrected chi connectivity index (χ1v) is 8.07. The fourth-order valence-electron chi connectivity index (χ4n) is 2.12. The van der Waals surface area contributed by atoms with Crippen LogP contribution in [0.4, 0.5) is 11.5 Å². The van der Waals surface area contributed by atoms with Crippen molar-refractivity contribution < 1.29 is 4.79 Å². The van der Waals surface area contributed by atoms with Crippen molar-refractivity contribution >= 4 is 17.4 Å². The number of hydrogen-bond acceptors (Lipinski definition) is 4. The highest BCUT2D eigenvalue weighted by atomic mass is 16.2. The van der Waals surface area contributed by atoms with Crippen LogP contribution in [0.1, 0.15) is 57.6 Å². The second-order valence-electron chi connectivity index (χ2n) is 7.94. The topological polar surface area (TPSA) is 66.9 Å². The van der Waals surface area contributed by atoms with Gasteiger partial charge in [-0.05, 0) is 43.9 Å². The van der Waals surface area contributed by atoms with E-state index in [0.29, 0.717) is 11.5 Å². The average Bonchev–Trinajstić information content (AvgIpc) is 2.46. The Morgan fingerprint density at radius 3 is 2.00 bits per heavy atom. The van der Waals surface area contributed by atoms with Crippen molar-refractivity contribution in [1.82, 2.24) is 15.3 Å². The first-order valence-electron chi connectivity index (χ1n) is 8.07. The molecule has 0 aliphatic heterocycles. The number of carbonyl (C=O) groups excluding carboxylic acids is 1. The second-order valence-corrected chi connectivity index (χ2v) is 7.94. The summed E-state index contributed by atoms with van der Waals surface area (Å²) in [6, 6.07) is 8.23. The molecule has 2 aromatic rings. The minimum absolute atomic E-state index is 0.125. The molecule has 0 aliphatic rings. The van der Waals surface area contributed by atoms with Gasteiger partial charge in [-0.15, -0.1) is 0 Å². The van der Waals surface area contributed by atoms with E-state index in [-0.39, 0.29) is 16.9 Å². The lowest BCUT2D eigenvalue weighted by molar-refractivity contribution is 0.0914. The number of carbonyl (C=O) groups is 1. The van der Waals surface area contributed by atoms with E-state index in [0.717, 1.165) is 5.69 Å². The molecule has 2 rings (SSSR count). The van der Waals surface area contributed by atoms with Crippen LogP contribution < -0.4 is 10.6 Å². The fourth-order valence-corrected chi connectivity index (χ4v) is 2.12. The van der Waals surface area contributed by atoms with Gasteiger partial charge in [0.25, 0.3) is 5.91 Å². The van der Waals surface area contributed by atoms with Gasteiger partial charge in [0.15, 0.2) is 0 Å². The van der Waals surface area contributed by atoms with E-state index < -0.39 is 0 Å². The number of benzene rings is 1. The molecule has 0 saturated carbocycles. The van der Waals surface area contributed by atoms with Crippen LogP contribution in [-0.4, -0.2) is 21.4 Å². The van der Waals surface area contributed by atoms with Gasteiger partial charge in [-0.1, -0.05) is 32.9 Å². The van der Waals surface area contributed by atoms with E-state index in [1.165, 1.54) is 11.8 Å². The zero-order chi connectivity index (χ0) is 18.0. The molecule has 128 valence electrons. The van der Waals surface area contributed by atoms with E-state index in [1.807, 2.05) is 32.9 Å². The van der Waals surface area contributed by atoms with Gasteiger partial charge in [0, 0.05) is 11.2 Å². The minimum Gasteiger partial charge on any atom is -0.346 e. The third-order valence-electron chi connectivity index (χ3n) is 3.40. The van der Waals surface area contributed by atoms with Gasteiger partial charge in [0.2, 0.25) is 0 Å². The highest BCUT2D eigenvalue weighted by Crippen LogP contribution is 2.24. The van der Waals surface area contributed by atoms with Crippen LogP contribution in [-0.2, 0) is 5.41 Å². The second kappa shape index (κ2) is 6.59. The van der Waals surface area contributed by atoms with E-state index in [1.54, 1.807) is 6.20 Å². The molecule has 1 amide bonds. The fraction of sp³-hybridized carbons (Fsp3) is 0.421. The molecule has 0 saturated heterocycles. The molecule has 0 atom stereocenters. The Hall–Kier alpha value is -2.43. The Kier molecular flexibility index (Phi) is 4.92. The molecule has 0 fully saturated rings. The minimum atomic E-state index is -0.301. The van der Waals surface area contributed by atoms with Crippen LogP contribution in [0.5, 0.6) is 0 Å². The van der Waals surface area contributed by atoms with Crippen LogP contribution in [0.15, 0.2) is 36.7 Å². The maximum Gasteiger partial charge on any atom is 0.271 e. The molecule has 5 heteroatoms. The maximum absolute atomic E-state index is 12.0. The number of nitrogens with one attached hydrogen (secondary N) is 2. The van der Waals surface area contributed by atoms with Crippen LogP contribution in [0, 0.1) is 0 Å². The summed E-state index contributed by atoms with van der Waals surface area (Å²) in [6.07, 6.45) is 3.04. The van der Waals surface area contributed by atoms with Gasteiger partial charge >= 0.3 is 0 Å². The van der Waals surface area contributed by atoms with Gasteiger partial charge < -0.3 is 10.6 Å². The molecule has 1 aromatic carbocycles. The Labute approximate surface area is 143 Å². The highest BCUT2D eigenvalue weighted by molar-refractivity contribution is 5.92. The molecule has 0 unspecified atom stereocenters. The molecule has 1 heterocycles. The molecule has 1 aromatic heterocycles. The third kappa shape index (κ3) is 5.05. The summed E-state index contributed by atoms with van der Waals surface area (Å²) in [7, 11) is 0. The van der Waals surface area contributed by atoms with Crippen molar-refractivity contribution in [3.8, 4) is 0 Å². The molecular formula is C19H26N4O. The Bertz CT molecular complexity index is 692. The zero-order valence-corrected chi connectivity index (χ0v) is 15.3. The van der Waals surface area contributed by atoms with Crippen molar-refractivity contribution in [2.75, 3.05) is 5.32 Å². The third-order valence-corrected chi connectivity index (χ3v) is 3.40. The lowest BCUT2D eigenvalue weighted by Gasteiger charge is -2.20. The quantitative estimate of drug-likeness (QED) is 0.893. The maximum atomic E-state index is 12.0. The van der Waals surface area contributed by atoms with Crippen molar-refractivity contribution in [1.29, 1.82) is 0 Å². The van der Waals surface area contributed by atoms with E-state index in [2.05, 4.69) is 53.5 Å². The van der Waals surface area contributed by atoms with Gasteiger partial charge in [0.1, 0.15) is 11.5 Å². The smallest absolute Gasteiger partial charge is 0.271 e. The monoisotopic (exact) mass is 326 g/mol. The van der Waals surface area contributed by atoms with Gasteiger partial charge in [-0.25, -0.2) is 9.97 Å². The largest absolute Gasteiger partial charge is 0.346 e. The van der Waals surface area contributed by atoms with Gasteiger partial charge in [-0.2, -0.15) is 0 Å². The molecule has 2 N–H and O–H groups in total. The highest BCUT2D eigenvalue weighted by Gasteiger charge is 2.16. The van der Waals surface area contributed by atoms with Crippen LogP contribution >= 0.6 is 0 Å². The van der Waals surface area contributed by atoms with Crippen LogP contribution in [0.3, 0.4) is 0 Å². The van der Waals surface area contributed by atoms with E-state index in [4.69, 9.17) is 0 Å². The lowest BCUT2D eigenvalue weighted by Crippen LogP contribution is -2.40. The average molecular weight is 326 g/mol. The van der Waals surface area contributed by atoms with Crippen LogP contribution in [0.25, 0.3) is 0 Å². The standard InChI is InChI=1S/C19H26N4O/c1-18(2,3)13-7-9-14(10-8-13)22-16-12-20-15(11-21-16)17(24)23-19(4,5)6/h7-12H,1-6H3,(H,21,22)(H,23,24). The van der Waals surface area contributed by atoms with Crippen molar-refractivity contribution in [2.45, 2.75) is 52.5 Å². The Morgan fingerprint density at radius 1 is 0.917 bits per heavy atom. The van der Waals surface area contributed by atoms with Gasteiger partial charge in [-0.3, -0.25) is 4.79 Å². The SMILES string of the molecule is CC(C)(C)NC(=O)c1cnc(Nc2ccc(C(C)(C)C)cc2)cn1. The van der Waals surface area contributed by atoms with Crippen molar-refractivity contribution in [2.24, 2.45) is 0 Å². The van der Waals surface area contributed by atoms with Crippen molar-refractivity contribution in [3.05, 3.63) is 47.9 Å².